The zero-order valence-corrected chi connectivity index (χ0v) is 11.5. The number of nitrogens with zero attached hydrogens (tertiary/aromatic N) is 3. The SMILES string of the molecule is Cc1nn(-c2ccc(Cl)c(CCl)n2)c(C)c1C. The van der Waals surface area contributed by atoms with E-state index >= 15 is 0 Å². The fourth-order valence-electron chi connectivity index (χ4n) is 1.63. The highest BCUT2D eigenvalue weighted by Crippen LogP contribution is 2.20. The van der Waals surface area contributed by atoms with Gasteiger partial charge in [-0.3, -0.25) is 0 Å². The van der Waals surface area contributed by atoms with Crippen molar-refractivity contribution in [2.45, 2.75) is 26.7 Å². The molecule has 0 aliphatic rings. The van der Waals surface area contributed by atoms with Crippen molar-refractivity contribution in [1.82, 2.24) is 14.8 Å². The summed E-state index contributed by atoms with van der Waals surface area (Å²) >= 11 is 11.8. The van der Waals surface area contributed by atoms with Crippen LogP contribution >= 0.6 is 23.2 Å². The van der Waals surface area contributed by atoms with Crippen LogP contribution in [0.5, 0.6) is 0 Å². The van der Waals surface area contributed by atoms with Crippen molar-refractivity contribution in [2.24, 2.45) is 0 Å². The Hall–Kier alpha value is -1.06. The van der Waals surface area contributed by atoms with Crippen LogP contribution in [0.2, 0.25) is 5.02 Å². The van der Waals surface area contributed by atoms with Gasteiger partial charge in [-0.2, -0.15) is 5.10 Å². The first-order valence-electron chi connectivity index (χ1n) is 5.29. The molecule has 2 rings (SSSR count). The van der Waals surface area contributed by atoms with E-state index in [-0.39, 0.29) is 0 Å². The van der Waals surface area contributed by atoms with Gasteiger partial charge in [-0.15, -0.1) is 11.6 Å². The van der Waals surface area contributed by atoms with Gasteiger partial charge in [-0.1, -0.05) is 11.6 Å². The van der Waals surface area contributed by atoms with Crippen LogP contribution in [0.3, 0.4) is 0 Å². The van der Waals surface area contributed by atoms with Crippen molar-refractivity contribution in [1.29, 1.82) is 0 Å². The van der Waals surface area contributed by atoms with Crippen LogP contribution in [0.25, 0.3) is 5.82 Å². The summed E-state index contributed by atoms with van der Waals surface area (Å²) in [5.74, 6) is 1.05. The number of rotatable bonds is 2. The molecular formula is C12H13Cl2N3. The normalized spacial score (nSPS) is 10.9. The quantitative estimate of drug-likeness (QED) is 0.781. The molecular weight excluding hydrogens is 257 g/mol. The van der Waals surface area contributed by atoms with Crippen molar-refractivity contribution >= 4 is 23.2 Å². The molecule has 2 aromatic rings. The van der Waals surface area contributed by atoms with E-state index < -0.39 is 0 Å². The first kappa shape index (κ1) is 12.4. The van der Waals surface area contributed by atoms with Gasteiger partial charge in [0, 0.05) is 5.69 Å². The summed E-state index contributed by atoms with van der Waals surface area (Å²) in [6.07, 6.45) is 0. The average Bonchev–Trinajstić information content (AvgIpc) is 2.58. The molecule has 0 saturated carbocycles. The lowest BCUT2D eigenvalue weighted by atomic mass is 10.2. The van der Waals surface area contributed by atoms with Crippen LogP contribution in [0, 0.1) is 20.8 Å². The Morgan fingerprint density at radius 1 is 1.24 bits per heavy atom. The van der Waals surface area contributed by atoms with Crippen LogP contribution < -0.4 is 0 Å². The molecule has 0 aliphatic carbocycles. The van der Waals surface area contributed by atoms with E-state index in [9.17, 15) is 0 Å². The Labute approximate surface area is 110 Å². The van der Waals surface area contributed by atoms with E-state index in [1.54, 1.807) is 6.07 Å². The number of hydrogen-bond acceptors (Lipinski definition) is 2. The second-order valence-corrected chi connectivity index (χ2v) is 4.61. The maximum atomic E-state index is 5.98. The van der Waals surface area contributed by atoms with E-state index in [4.69, 9.17) is 23.2 Å². The van der Waals surface area contributed by atoms with Gasteiger partial charge in [0.15, 0.2) is 5.82 Å². The number of pyridine rings is 1. The van der Waals surface area contributed by atoms with Crippen LogP contribution in [0.1, 0.15) is 22.6 Å². The van der Waals surface area contributed by atoms with E-state index in [1.807, 2.05) is 31.5 Å². The van der Waals surface area contributed by atoms with Crippen molar-refractivity contribution in [2.75, 3.05) is 0 Å². The Morgan fingerprint density at radius 3 is 2.47 bits per heavy atom. The second kappa shape index (κ2) is 4.67. The highest BCUT2D eigenvalue weighted by molar-refractivity contribution is 6.32. The Kier molecular flexibility index (Phi) is 3.40. The fourth-order valence-corrected chi connectivity index (χ4v) is 2.07. The first-order chi connectivity index (χ1) is 8.04. The first-order valence-corrected chi connectivity index (χ1v) is 6.20. The molecule has 0 atom stereocenters. The maximum Gasteiger partial charge on any atom is 0.154 e. The zero-order chi connectivity index (χ0) is 12.6. The lowest BCUT2D eigenvalue weighted by Gasteiger charge is -2.06. The number of halogens is 2. The van der Waals surface area contributed by atoms with E-state index in [2.05, 4.69) is 10.1 Å². The van der Waals surface area contributed by atoms with Crippen molar-refractivity contribution in [3.63, 3.8) is 0 Å². The number of hydrogen-bond donors (Lipinski definition) is 0. The highest BCUT2D eigenvalue weighted by Gasteiger charge is 2.11. The maximum absolute atomic E-state index is 5.98. The summed E-state index contributed by atoms with van der Waals surface area (Å²) in [7, 11) is 0. The van der Waals surface area contributed by atoms with Gasteiger partial charge in [0.1, 0.15) is 0 Å². The van der Waals surface area contributed by atoms with E-state index in [0.29, 0.717) is 16.6 Å². The van der Waals surface area contributed by atoms with Gasteiger partial charge < -0.3 is 0 Å². The molecule has 0 saturated heterocycles. The summed E-state index contributed by atoms with van der Waals surface area (Å²) in [4.78, 5) is 4.41. The molecule has 0 radical (unpaired) electrons. The molecule has 0 fully saturated rings. The molecule has 2 aromatic heterocycles. The molecule has 90 valence electrons. The minimum Gasteiger partial charge on any atom is -0.231 e. The molecule has 0 bridgehead atoms. The minimum absolute atomic E-state index is 0.297. The summed E-state index contributed by atoms with van der Waals surface area (Å²) in [5.41, 5.74) is 3.94. The van der Waals surface area contributed by atoms with Crippen LogP contribution in [0.15, 0.2) is 12.1 Å². The third-order valence-electron chi connectivity index (χ3n) is 2.90. The lowest BCUT2D eigenvalue weighted by molar-refractivity contribution is 0.800. The average molecular weight is 270 g/mol. The van der Waals surface area contributed by atoms with E-state index in [0.717, 1.165) is 17.2 Å². The number of aromatic nitrogens is 3. The molecule has 5 heteroatoms. The van der Waals surface area contributed by atoms with E-state index in [1.165, 1.54) is 5.56 Å². The molecule has 0 unspecified atom stereocenters. The summed E-state index contributed by atoms with van der Waals surface area (Å²) in [5, 5.41) is 5.04. The highest BCUT2D eigenvalue weighted by atomic mass is 35.5. The predicted octanol–water partition coefficient (Wildman–Crippen LogP) is 3.58. The largest absolute Gasteiger partial charge is 0.231 e. The van der Waals surface area contributed by atoms with Crippen LogP contribution in [-0.2, 0) is 5.88 Å². The van der Waals surface area contributed by atoms with Crippen LogP contribution in [-0.4, -0.2) is 14.8 Å². The van der Waals surface area contributed by atoms with Gasteiger partial charge in [0.05, 0.1) is 22.3 Å². The Bertz CT molecular complexity index is 561. The molecule has 0 N–H and O–H groups in total. The molecule has 17 heavy (non-hydrogen) atoms. The molecule has 2 heterocycles. The van der Waals surface area contributed by atoms with Crippen LogP contribution in [0.4, 0.5) is 0 Å². The molecule has 0 aliphatic heterocycles. The zero-order valence-electron chi connectivity index (χ0n) is 9.96. The predicted molar refractivity (Wildman–Crippen MR) is 70.1 cm³/mol. The Morgan fingerprint density at radius 2 is 1.94 bits per heavy atom. The number of alkyl halides is 1. The van der Waals surface area contributed by atoms with Gasteiger partial charge in [0.25, 0.3) is 0 Å². The van der Waals surface area contributed by atoms with Gasteiger partial charge >= 0.3 is 0 Å². The topological polar surface area (TPSA) is 30.7 Å². The third-order valence-corrected chi connectivity index (χ3v) is 3.50. The van der Waals surface area contributed by atoms with Gasteiger partial charge in [-0.05, 0) is 38.5 Å². The van der Waals surface area contributed by atoms with Crippen molar-refractivity contribution in [3.05, 3.63) is 39.8 Å². The molecule has 0 spiro atoms. The molecule has 0 aromatic carbocycles. The fraction of sp³-hybridized carbons (Fsp3) is 0.333. The third kappa shape index (κ3) is 2.17. The van der Waals surface area contributed by atoms with Gasteiger partial charge in [0.2, 0.25) is 0 Å². The minimum atomic E-state index is 0.297. The summed E-state index contributed by atoms with van der Waals surface area (Å²) in [6.45, 7) is 6.05. The van der Waals surface area contributed by atoms with Crippen molar-refractivity contribution in [3.8, 4) is 5.82 Å². The summed E-state index contributed by atoms with van der Waals surface area (Å²) in [6, 6.07) is 3.64. The molecule has 0 amide bonds. The number of aryl methyl sites for hydroxylation is 1. The van der Waals surface area contributed by atoms with Crippen molar-refractivity contribution < 1.29 is 0 Å². The Balaban J connectivity index is 2.57. The second-order valence-electron chi connectivity index (χ2n) is 3.94. The standard InChI is InChI=1S/C12H13Cl2N3/c1-7-8(2)16-17(9(7)3)12-5-4-10(14)11(6-13)15-12/h4-5H,6H2,1-3H3. The summed E-state index contributed by atoms with van der Waals surface area (Å²) < 4.78 is 1.82. The monoisotopic (exact) mass is 269 g/mol. The molecule has 3 nitrogen and oxygen atoms in total. The lowest BCUT2D eigenvalue weighted by Crippen LogP contribution is -2.03. The van der Waals surface area contributed by atoms with Gasteiger partial charge in [-0.25, -0.2) is 9.67 Å². The smallest absolute Gasteiger partial charge is 0.154 e.